The molecule has 0 aliphatic carbocycles. The number of hydrogen-bond donors (Lipinski definition) is 1. The highest BCUT2D eigenvalue weighted by molar-refractivity contribution is 5.56. The van der Waals surface area contributed by atoms with Crippen LogP contribution in [0.1, 0.15) is 36.9 Å². The average Bonchev–Trinajstić information content (AvgIpc) is 2.76. The molecule has 0 radical (unpaired) electrons. The first-order chi connectivity index (χ1) is 8.24. The molecular weight excluding hydrogens is 208 g/mol. The van der Waals surface area contributed by atoms with Crippen molar-refractivity contribution in [1.82, 2.24) is 5.32 Å². The molecule has 1 saturated heterocycles. The molecule has 0 bridgehead atoms. The fourth-order valence-electron chi connectivity index (χ4n) is 3.19. The lowest BCUT2D eigenvalue weighted by Crippen LogP contribution is -2.25. The minimum absolute atomic E-state index is 0.586. The second-order valence-corrected chi connectivity index (χ2v) is 5.71. The summed E-state index contributed by atoms with van der Waals surface area (Å²) < 4.78 is 0. The van der Waals surface area contributed by atoms with E-state index in [-0.39, 0.29) is 0 Å². The molecule has 92 valence electrons. The summed E-state index contributed by atoms with van der Waals surface area (Å²) in [4.78, 5) is 2.38. The van der Waals surface area contributed by atoms with E-state index in [2.05, 4.69) is 42.4 Å². The number of rotatable bonds is 1. The molecule has 1 aromatic rings. The molecular formula is C15H22N2. The van der Waals surface area contributed by atoms with Gasteiger partial charge in [0.2, 0.25) is 0 Å². The SMILES string of the molecule is C[C@@H]1CN[C@H](c2ccc3c(c2)CCCN3C)C1. The maximum atomic E-state index is 3.63. The van der Waals surface area contributed by atoms with Crippen LogP contribution in [0, 0.1) is 5.92 Å². The smallest absolute Gasteiger partial charge is 0.0396 e. The summed E-state index contributed by atoms with van der Waals surface area (Å²) in [5.74, 6) is 0.818. The predicted molar refractivity (Wildman–Crippen MR) is 72.6 cm³/mol. The Bertz CT molecular complexity index is 413. The van der Waals surface area contributed by atoms with E-state index >= 15 is 0 Å². The van der Waals surface area contributed by atoms with E-state index in [1.54, 1.807) is 0 Å². The zero-order chi connectivity index (χ0) is 11.8. The molecule has 2 aliphatic heterocycles. The van der Waals surface area contributed by atoms with Gasteiger partial charge >= 0.3 is 0 Å². The average molecular weight is 230 g/mol. The molecule has 1 N–H and O–H groups in total. The number of anilines is 1. The van der Waals surface area contributed by atoms with Crippen LogP contribution in [0.4, 0.5) is 5.69 Å². The standard InChI is InChI=1S/C15H22N2/c1-11-8-14(16-10-11)12-5-6-15-13(9-12)4-3-7-17(15)2/h5-6,9,11,14,16H,3-4,7-8,10H2,1-2H3/t11-,14-/m0/s1. The minimum atomic E-state index is 0.586. The van der Waals surface area contributed by atoms with Crippen molar-refractivity contribution in [3.05, 3.63) is 29.3 Å². The summed E-state index contributed by atoms with van der Waals surface area (Å²) in [5.41, 5.74) is 4.46. The number of fused-ring (bicyclic) bond motifs is 1. The first kappa shape index (κ1) is 11.1. The lowest BCUT2D eigenvalue weighted by Gasteiger charge is -2.28. The zero-order valence-corrected chi connectivity index (χ0v) is 10.9. The van der Waals surface area contributed by atoms with Crippen LogP contribution in [0.15, 0.2) is 18.2 Å². The van der Waals surface area contributed by atoms with Gasteiger partial charge in [-0.15, -0.1) is 0 Å². The molecule has 0 saturated carbocycles. The molecule has 0 aromatic heterocycles. The summed E-state index contributed by atoms with van der Waals surface area (Å²) >= 11 is 0. The van der Waals surface area contributed by atoms with Crippen LogP contribution < -0.4 is 10.2 Å². The first-order valence-corrected chi connectivity index (χ1v) is 6.81. The molecule has 0 amide bonds. The highest BCUT2D eigenvalue weighted by Crippen LogP contribution is 2.32. The summed E-state index contributed by atoms with van der Waals surface area (Å²) in [7, 11) is 2.20. The van der Waals surface area contributed by atoms with Crippen LogP contribution in [0.25, 0.3) is 0 Å². The van der Waals surface area contributed by atoms with Crippen LogP contribution in [0.5, 0.6) is 0 Å². The summed E-state index contributed by atoms with van der Waals surface area (Å²) in [5, 5.41) is 3.63. The van der Waals surface area contributed by atoms with Crippen molar-refractivity contribution in [2.45, 2.75) is 32.2 Å². The van der Waals surface area contributed by atoms with Crippen molar-refractivity contribution < 1.29 is 0 Å². The van der Waals surface area contributed by atoms with Gasteiger partial charge in [-0.25, -0.2) is 0 Å². The summed E-state index contributed by atoms with van der Waals surface area (Å²) in [6, 6.07) is 7.65. The summed E-state index contributed by atoms with van der Waals surface area (Å²) in [6.45, 7) is 4.70. The third-order valence-electron chi connectivity index (χ3n) is 4.21. The van der Waals surface area contributed by atoms with Crippen LogP contribution in [-0.4, -0.2) is 20.1 Å². The largest absolute Gasteiger partial charge is 0.374 e. The Morgan fingerprint density at radius 3 is 3.00 bits per heavy atom. The predicted octanol–water partition coefficient (Wildman–Crippen LogP) is 2.74. The van der Waals surface area contributed by atoms with Gasteiger partial charge in [0.25, 0.3) is 0 Å². The quantitative estimate of drug-likeness (QED) is 0.798. The van der Waals surface area contributed by atoms with Crippen LogP contribution >= 0.6 is 0 Å². The lowest BCUT2D eigenvalue weighted by molar-refractivity contribution is 0.610. The first-order valence-electron chi connectivity index (χ1n) is 6.81. The van der Waals surface area contributed by atoms with E-state index in [0.29, 0.717) is 6.04 Å². The normalized spacial score (nSPS) is 28.2. The number of benzene rings is 1. The Morgan fingerprint density at radius 2 is 2.24 bits per heavy atom. The van der Waals surface area contributed by atoms with Crippen molar-refractivity contribution in [1.29, 1.82) is 0 Å². The molecule has 1 fully saturated rings. The Kier molecular flexibility index (Phi) is 2.83. The molecule has 0 unspecified atom stereocenters. The Labute approximate surface area is 104 Å². The van der Waals surface area contributed by atoms with Crippen LogP contribution in [-0.2, 0) is 6.42 Å². The van der Waals surface area contributed by atoms with Gasteiger partial charge in [0.15, 0.2) is 0 Å². The Morgan fingerprint density at radius 1 is 1.35 bits per heavy atom. The van der Waals surface area contributed by atoms with Crippen molar-refractivity contribution in [3.63, 3.8) is 0 Å². The van der Waals surface area contributed by atoms with Gasteiger partial charge in [0, 0.05) is 25.3 Å². The molecule has 17 heavy (non-hydrogen) atoms. The number of nitrogens with zero attached hydrogens (tertiary/aromatic N) is 1. The fourth-order valence-corrected chi connectivity index (χ4v) is 3.19. The van der Waals surface area contributed by atoms with E-state index in [0.717, 1.165) is 5.92 Å². The van der Waals surface area contributed by atoms with Gasteiger partial charge in [-0.3, -0.25) is 0 Å². The second kappa shape index (κ2) is 4.34. The molecule has 2 heteroatoms. The van der Waals surface area contributed by atoms with Crippen molar-refractivity contribution in [2.24, 2.45) is 5.92 Å². The van der Waals surface area contributed by atoms with Gasteiger partial charge in [-0.1, -0.05) is 19.1 Å². The van der Waals surface area contributed by atoms with Crippen LogP contribution in [0.2, 0.25) is 0 Å². The van der Waals surface area contributed by atoms with E-state index in [1.807, 2.05) is 0 Å². The summed E-state index contributed by atoms with van der Waals surface area (Å²) in [6.07, 6.45) is 3.83. The van der Waals surface area contributed by atoms with Gasteiger partial charge in [-0.2, -0.15) is 0 Å². The van der Waals surface area contributed by atoms with E-state index in [4.69, 9.17) is 0 Å². The topological polar surface area (TPSA) is 15.3 Å². The number of hydrogen-bond acceptors (Lipinski definition) is 2. The minimum Gasteiger partial charge on any atom is -0.374 e. The highest BCUT2D eigenvalue weighted by Gasteiger charge is 2.23. The van der Waals surface area contributed by atoms with Gasteiger partial charge in [-0.05, 0) is 48.9 Å². The molecule has 2 nitrogen and oxygen atoms in total. The highest BCUT2D eigenvalue weighted by atomic mass is 15.1. The number of aryl methyl sites for hydroxylation is 1. The third kappa shape index (κ3) is 2.06. The van der Waals surface area contributed by atoms with Gasteiger partial charge in [0.1, 0.15) is 0 Å². The van der Waals surface area contributed by atoms with Crippen molar-refractivity contribution in [3.8, 4) is 0 Å². The fraction of sp³-hybridized carbons (Fsp3) is 0.600. The molecule has 1 aromatic carbocycles. The molecule has 2 aliphatic rings. The number of nitrogens with one attached hydrogen (secondary N) is 1. The van der Waals surface area contributed by atoms with E-state index < -0.39 is 0 Å². The zero-order valence-electron chi connectivity index (χ0n) is 10.9. The van der Waals surface area contributed by atoms with E-state index in [1.165, 1.54) is 49.2 Å². The Balaban J connectivity index is 1.88. The monoisotopic (exact) mass is 230 g/mol. The molecule has 3 rings (SSSR count). The molecule has 2 heterocycles. The maximum Gasteiger partial charge on any atom is 0.0396 e. The van der Waals surface area contributed by atoms with Crippen molar-refractivity contribution in [2.75, 3.05) is 25.0 Å². The molecule has 2 atom stereocenters. The third-order valence-corrected chi connectivity index (χ3v) is 4.21. The van der Waals surface area contributed by atoms with Gasteiger partial charge < -0.3 is 10.2 Å². The van der Waals surface area contributed by atoms with E-state index in [9.17, 15) is 0 Å². The van der Waals surface area contributed by atoms with Crippen molar-refractivity contribution >= 4 is 5.69 Å². The second-order valence-electron chi connectivity index (χ2n) is 5.71. The van der Waals surface area contributed by atoms with Gasteiger partial charge in [0.05, 0.1) is 0 Å². The lowest BCUT2D eigenvalue weighted by atomic mass is 9.95. The maximum absolute atomic E-state index is 3.63. The Hall–Kier alpha value is -1.02. The van der Waals surface area contributed by atoms with Crippen LogP contribution in [0.3, 0.4) is 0 Å². The molecule has 0 spiro atoms.